The van der Waals surface area contributed by atoms with E-state index < -0.39 is 10.0 Å². The van der Waals surface area contributed by atoms with Crippen LogP contribution in [0, 0.1) is 19.3 Å². The molecule has 0 amide bonds. The highest BCUT2D eigenvalue weighted by atomic mass is 32.2. The maximum Gasteiger partial charge on any atom is 0.242 e. The van der Waals surface area contributed by atoms with Gasteiger partial charge in [-0.15, -0.1) is 0 Å². The average molecular weight is 268 g/mol. The van der Waals surface area contributed by atoms with Gasteiger partial charge in [0, 0.05) is 6.54 Å². The Morgan fingerprint density at radius 1 is 1.33 bits per heavy atom. The molecule has 1 aliphatic carbocycles. The number of benzene rings is 1. The Morgan fingerprint density at radius 2 is 1.94 bits per heavy atom. The van der Waals surface area contributed by atoms with Crippen molar-refractivity contribution in [1.82, 2.24) is 4.72 Å². The molecule has 0 radical (unpaired) electrons. The third kappa shape index (κ3) is 2.52. The maximum atomic E-state index is 12.3. The van der Waals surface area contributed by atoms with Crippen molar-refractivity contribution in [2.24, 2.45) is 5.41 Å². The zero-order valence-electron chi connectivity index (χ0n) is 11.1. The summed E-state index contributed by atoms with van der Waals surface area (Å²) in [7, 11) is -3.51. The lowest BCUT2D eigenvalue weighted by molar-refractivity contribution is 0.530. The number of rotatable bonds is 4. The number of sulfonamides is 1. The summed E-state index contributed by atoms with van der Waals surface area (Å²) < 4.78 is 27.3. The van der Waals surface area contributed by atoms with Crippen LogP contribution in [0.3, 0.4) is 0 Å². The fourth-order valence-electron chi connectivity index (χ4n) is 1.90. The van der Waals surface area contributed by atoms with Crippen molar-refractivity contribution in [2.45, 2.75) is 38.5 Å². The van der Waals surface area contributed by atoms with E-state index in [1.165, 1.54) is 0 Å². The summed E-state index contributed by atoms with van der Waals surface area (Å²) in [6.07, 6.45) is 2.16. The Labute approximate surface area is 109 Å². The first-order valence-electron chi connectivity index (χ1n) is 6.11. The van der Waals surface area contributed by atoms with Crippen molar-refractivity contribution in [3.05, 3.63) is 23.3 Å². The van der Waals surface area contributed by atoms with Crippen LogP contribution in [0.2, 0.25) is 0 Å². The van der Waals surface area contributed by atoms with Gasteiger partial charge >= 0.3 is 0 Å². The van der Waals surface area contributed by atoms with Crippen molar-refractivity contribution in [1.29, 1.82) is 0 Å². The Morgan fingerprint density at radius 3 is 2.50 bits per heavy atom. The second-order valence-corrected chi connectivity index (χ2v) is 7.26. The second kappa shape index (κ2) is 4.24. The second-order valence-electron chi connectivity index (χ2n) is 5.56. The summed E-state index contributed by atoms with van der Waals surface area (Å²) in [6, 6.07) is 3.49. The predicted molar refractivity (Wildman–Crippen MR) is 72.9 cm³/mol. The standard InChI is InChI=1S/C13H20N2O2S/c1-9-4-5-11(14)12(10(9)2)18(16,17)15-8-13(3)6-7-13/h4-5,15H,6-8,14H2,1-3H3. The number of nitrogens with two attached hydrogens (primary N) is 1. The van der Waals surface area contributed by atoms with Crippen LogP contribution in [0.15, 0.2) is 17.0 Å². The molecule has 0 atom stereocenters. The lowest BCUT2D eigenvalue weighted by atomic mass is 10.1. The first-order chi connectivity index (χ1) is 8.25. The Balaban J connectivity index is 2.32. The molecule has 1 saturated carbocycles. The van der Waals surface area contributed by atoms with Gasteiger partial charge in [0.25, 0.3) is 0 Å². The SMILES string of the molecule is Cc1ccc(N)c(S(=O)(=O)NCC2(C)CC2)c1C. The quantitative estimate of drug-likeness (QED) is 0.820. The maximum absolute atomic E-state index is 12.3. The van der Waals surface area contributed by atoms with Crippen LogP contribution in [0.4, 0.5) is 5.69 Å². The van der Waals surface area contributed by atoms with Gasteiger partial charge in [-0.25, -0.2) is 13.1 Å². The molecule has 0 saturated heterocycles. The molecule has 0 aliphatic heterocycles. The zero-order valence-corrected chi connectivity index (χ0v) is 11.9. The van der Waals surface area contributed by atoms with Gasteiger partial charge < -0.3 is 5.73 Å². The number of hydrogen-bond donors (Lipinski definition) is 2. The van der Waals surface area contributed by atoms with Crippen molar-refractivity contribution in [3.63, 3.8) is 0 Å². The minimum Gasteiger partial charge on any atom is -0.398 e. The van der Waals surface area contributed by atoms with Crippen LogP contribution < -0.4 is 10.5 Å². The summed E-state index contributed by atoms with van der Waals surface area (Å²) >= 11 is 0. The third-order valence-corrected chi connectivity index (χ3v) is 5.37. The van der Waals surface area contributed by atoms with Gasteiger partial charge in [0.05, 0.1) is 5.69 Å². The van der Waals surface area contributed by atoms with Crippen LogP contribution in [0.25, 0.3) is 0 Å². The number of nitrogen functional groups attached to an aromatic ring is 1. The molecule has 100 valence electrons. The van der Waals surface area contributed by atoms with E-state index in [1.54, 1.807) is 13.0 Å². The average Bonchev–Trinajstić information content (AvgIpc) is 3.01. The molecule has 0 bridgehead atoms. The van der Waals surface area contributed by atoms with Crippen LogP contribution >= 0.6 is 0 Å². The summed E-state index contributed by atoms with van der Waals surface area (Å²) in [5, 5.41) is 0. The van der Waals surface area contributed by atoms with Gasteiger partial charge in [-0.05, 0) is 49.3 Å². The molecule has 1 aliphatic rings. The van der Waals surface area contributed by atoms with E-state index in [4.69, 9.17) is 5.73 Å². The molecule has 1 aromatic rings. The molecule has 0 spiro atoms. The number of hydrogen-bond acceptors (Lipinski definition) is 3. The first-order valence-corrected chi connectivity index (χ1v) is 7.59. The molecule has 1 fully saturated rings. The Kier molecular flexibility index (Phi) is 3.15. The zero-order chi connectivity index (χ0) is 13.6. The Bertz CT molecular complexity index is 575. The van der Waals surface area contributed by atoms with E-state index >= 15 is 0 Å². The van der Waals surface area contributed by atoms with Crippen LogP contribution in [-0.2, 0) is 10.0 Å². The fraction of sp³-hybridized carbons (Fsp3) is 0.538. The molecule has 1 aromatic carbocycles. The van der Waals surface area contributed by atoms with E-state index in [-0.39, 0.29) is 10.3 Å². The molecule has 4 nitrogen and oxygen atoms in total. The molecule has 2 rings (SSSR count). The summed E-state index contributed by atoms with van der Waals surface area (Å²) in [4.78, 5) is 0.228. The summed E-state index contributed by atoms with van der Waals surface area (Å²) in [6.45, 7) is 6.25. The molecule has 18 heavy (non-hydrogen) atoms. The van der Waals surface area contributed by atoms with Gasteiger partial charge in [0.2, 0.25) is 10.0 Å². The lowest BCUT2D eigenvalue weighted by Crippen LogP contribution is -2.30. The van der Waals surface area contributed by atoms with Crippen molar-refractivity contribution in [3.8, 4) is 0 Å². The van der Waals surface area contributed by atoms with E-state index in [1.807, 2.05) is 13.0 Å². The number of anilines is 1. The number of aryl methyl sites for hydroxylation is 1. The monoisotopic (exact) mass is 268 g/mol. The normalized spacial score (nSPS) is 17.7. The van der Waals surface area contributed by atoms with Crippen LogP contribution in [0.1, 0.15) is 30.9 Å². The fourth-order valence-corrected chi connectivity index (χ4v) is 3.52. The lowest BCUT2D eigenvalue weighted by Gasteiger charge is -2.15. The third-order valence-electron chi connectivity index (χ3n) is 3.77. The molecule has 0 heterocycles. The van der Waals surface area contributed by atoms with E-state index in [2.05, 4.69) is 11.6 Å². The van der Waals surface area contributed by atoms with Crippen molar-refractivity contribution < 1.29 is 8.42 Å². The molecule has 0 aromatic heterocycles. The largest absolute Gasteiger partial charge is 0.398 e. The minimum atomic E-state index is -3.51. The molecule has 0 unspecified atom stereocenters. The van der Waals surface area contributed by atoms with Crippen LogP contribution in [0.5, 0.6) is 0 Å². The van der Waals surface area contributed by atoms with Gasteiger partial charge in [-0.1, -0.05) is 13.0 Å². The minimum absolute atomic E-state index is 0.138. The first kappa shape index (κ1) is 13.4. The number of nitrogens with one attached hydrogen (secondary N) is 1. The summed E-state index contributed by atoms with van der Waals surface area (Å²) in [5.41, 5.74) is 7.92. The van der Waals surface area contributed by atoms with Crippen LogP contribution in [-0.4, -0.2) is 15.0 Å². The predicted octanol–water partition coefficient (Wildman–Crippen LogP) is 1.96. The van der Waals surface area contributed by atoms with Gasteiger partial charge in [-0.2, -0.15) is 0 Å². The molecular formula is C13H20N2O2S. The Hall–Kier alpha value is -1.07. The van der Waals surface area contributed by atoms with E-state index in [0.29, 0.717) is 12.2 Å². The van der Waals surface area contributed by atoms with E-state index in [0.717, 1.165) is 24.0 Å². The highest BCUT2D eigenvalue weighted by Gasteiger charge is 2.38. The smallest absolute Gasteiger partial charge is 0.242 e. The van der Waals surface area contributed by atoms with Gasteiger partial charge in [-0.3, -0.25) is 0 Å². The van der Waals surface area contributed by atoms with Gasteiger partial charge in [0.15, 0.2) is 0 Å². The molecule has 5 heteroatoms. The molecule has 3 N–H and O–H groups in total. The van der Waals surface area contributed by atoms with Crippen molar-refractivity contribution in [2.75, 3.05) is 12.3 Å². The topological polar surface area (TPSA) is 72.2 Å². The highest BCUT2D eigenvalue weighted by Crippen LogP contribution is 2.44. The molecular weight excluding hydrogens is 248 g/mol. The summed E-state index contributed by atoms with van der Waals surface area (Å²) in [5.74, 6) is 0. The van der Waals surface area contributed by atoms with E-state index in [9.17, 15) is 8.42 Å². The van der Waals surface area contributed by atoms with Gasteiger partial charge in [0.1, 0.15) is 4.90 Å². The highest BCUT2D eigenvalue weighted by molar-refractivity contribution is 7.89. The van der Waals surface area contributed by atoms with Crippen molar-refractivity contribution >= 4 is 15.7 Å².